The summed E-state index contributed by atoms with van der Waals surface area (Å²) in [5, 5.41) is 4.02. The van der Waals surface area contributed by atoms with Crippen molar-refractivity contribution in [1.29, 1.82) is 0 Å². The fourth-order valence-electron chi connectivity index (χ4n) is 3.17. The third-order valence-corrected chi connectivity index (χ3v) is 5.64. The van der Waals surface area contributed by atoms with Gasteiger partial charge in [0.05, 0.1) is 22.8 Å². The Morgan fingerprint density at radius 3 is 2.71 bits per heavy atom. The summed E-state index contributed by atoms with van der Waals surface area (Å²) in [5.74, 6) is 0. The number of nitrogens with zero attached hydrogens (tertiary/aromatic N) is 2. The van der Waals surface area contributed by atoms with Crippen LogP contribution in [0.4, 0.5) is 4.79 Å². The molecule has 1 aliphatic carbocycles. The van der Waals surface area contributed by atoms with Crippen LogP contribution >= 0.6 is 11.3 Å². The Kier molecular flexibility index (Phi) is 7.49. The Hall–Kier alpha value is -1.14. The van der Waals surface area contributed by atoms with Gasteiger partial charge in [-0.05, 0) is 40.0 Å². The van der Waals surface area contributed by atoms with Crippen LogP contribution in [-0.2, 0) is 4.74 Å². The minimum atomic E-state index is -0.0507. The lowest BCUT2D eigenvalue weighted by Gasteiger charge is -2.25. The summed E-state index contributed by atoms with van der Waals surface area (Å²) in [4.78, 5) is 19.7. The fourth-order valence-corrected chi connectivity index (χ4v) is 4.07. The largest absolute Gasteiger partial charge is 0.378 e. The van der Waals surface area contributed by atoms with Crippen LogP contribution in [-0.4, -0.2) is 42.2 Å². The molecule has 136 valence electrons. The van der Waals surface area contributed by atoms with Gasteiger partial charge < -0.3 is 15.0 Å². The molecule has 1 atom stereocenters. The lowest BCUT2D eigenvalue weighted by atomic mass is 9.98. The predicted octanol–water partition coefficient (Wildman–Crippen LogP) is 4.20. The molecular formula is C18H31N3O2S. The quantitative estimate of drug-likeness (QED) is 0.747. The van der Waals surface area contributed by atoms with E-state index in [4.69, 9.17) is 4.74 Å². The van der Waals surface area contributed by atoms with Gasteiger partial charge in [-0.3, -0.25) is 0 Å². The van der Waals surface area contributed by atoms with Gasteiger partial charge >= 0.3 is 6.03 Å². The van der Waals surface area contributed by atoms with Crippen molar-refractivity contribution in [1.82, 2.24) is 15.2 Å². The summed E-state index contributed by atoms with van der Waals surface area (Å²) in [7, 11) is 1.83. The predicted molar refractivity (Wildman–Crippen MR) is 98.6 cm³/mol. The van der Waals surface area contributed by atoms with Gasteiger partial charge in [-0.2, -0.15) is 0 Å². The highest BCUT2D eigenvalue weighted by Gasteiger charge is 2.21. The average molecular weight is 354 g/mol. The summed E-state index contributed by atoms with van der Waals surface area (Å²) in [5.41, 5.74) is 0.996. The lowest BCUT2D eigenvalue weighted by molar-refractivity contribution is 0.0274. The normalized spacial score (nSPS) is 16.8. The maximum absolute atomic E-state index is 12.3. The molecular weight excluding hydrogens is 322 g/mol. The number of nitrogens with one attached hydrogen (secondary N) is 1. The zero-order chi connectivity index (χ0) is 17.5. The van der Waals surface area contributed by atoms with E-state index in [1.165, 1.54) is 37.0 Å². The van der Waals surface area contributed by atoms with E-state index in [2.05, 4.69) is 17.2 Å². The third kappa shape index (κ3) is 5.45. The molecule has 2 rings (SSSR count). The van der Waals surface area contributed by atoms with Crippen LogP contribution < -0.4 is 5.32 Å². The molecule has 1 saturated carbocycles. The minimum absolute atomic E-state index is 0.0200. The van der Waals surface area contributed by atoms with Crippen LogP contribution in [0.5, 0.6) is 0 Å². The first kappa shape index (κ1) is 19.2. The number of urea groups is 1. The van der Waals surface area contributed by atoms with Crippen molar-refractivity contribution < 1.29 is 9.53 Å². The van der Waals surface area contributed by atoms with Gasteiger partial charge in [-0.15, -0.1) is 11.3 Å². The Morgan fingerprint density at radius 1 is 1.38 bits per heavy atom. The number of ether oxygens (including phenoxy) is 1. The number of thiazole rings is 1. The Bertz CT molecular complexity index is 526. The molecule has 1 fully saturated rings. The Labute approximate surface area is 149 Å². The van der Waals surface area contributed by atoms with Crippen molar-refractivity contribution in [2.75, 3.05) is 20.2 Å². The lowest BCUT2D eigenvalue weighted by Crippen LogP contribution is -2.39. The summed E-state index contributed by atoms with van der Waals surface area (Å²) in [6.45, 7) is 7.46. The molecule has 2 amide bonds. The first-order valence-electron chi connectivity index (χ1n) is 9.05. The molecule has 1 aromatic heterocycles. The molecule has 0 bridgehead atoms. The van der Waals surface area contributed by atoms with Crippen molar-refractivity contribution in [2.24, 2.45) is 0 Å². The van der Waals surface area contributed by atoms with Crippen LogP contribution in [0.1, 0.15) is 67.1 Å². The van der Waals surface area contributed by atoms with E-state index >= 15 is 0 Å². The van der Waals surface area contributed by atoms with Gasteiger partial charge in [0, 0.05) is 25.1 Å². The molecule has 1 N–H and O–H groups in total. The van der Waals surface area contributed by atoms with Crippen molar-refractivity contribution >= 4 is 17.4 Å². The summed E-state index contributed by atoms with van der Waals surface area (Å²) >= 11 is 1.68. The van der Waals surface area contributed by atoms with Gasteiger partial charge in [0.2, 0.25) is 0 Å². The summed E-state index contributed by atoms with van der Waals surface area (Å²) < 4.78 is 5.89. The van der Waals surface area contributed by atoms with E-state index in [-0.39, 0.29) is 12.1 Å². The molecule has 1 aliphatic rings. The highest BCUT2D eigenvalue weighted by molar-refractivity contribution is 7.11. The average Bonchev–Trinajstić information content (AvgIpc) is 2.92. The maximum atomic E-state index is 12.3. The molecule has 1 aromatic rings. The number of hydrogen-bond acceptors (Lipinski definition) is 4. The molecule has 0 aromatic carbocycles. The zero-order valence-corrected chi connectivity index (χ0v) is 16.2. The van der Waals surface area contributed by atoms with Crippen LogP contribution in [0.2, 0.25) is 0 Å². The van der Waals surface area contributed by atoms with Crippen LogP contribution in [0.25, 0.3) is 0 Å². The highest BCUT2D eigenvalue weighted by Crippen LogP contribution is 2.26. The van der Waals surface area contributed by atoms with Gasteiger partial charge in [0.1, 0.15) is 0 Å². The van der Waals surface area contributed by atoms with Crippen molar-refractivity contribution in [2.45, 2.75) is 71.4 Å². The topological polar surface area (TPSA) is 54.5 Å². The molecule has 5 nitrogen and oxygen atoms in total. The number of aromatic nitrogens is 1. The van der Waals surface area contributed by atoms with Crippen LogP contribution in [0.3, 0.4) is 0 Å². The number of aryl methyl sites for hydroxylation is 2. The number of carbonyl (C=O) groups is 1. The standard InChI is InChI=1S/C18H31N3O2S/c1-13(17-14(2)24-15(3)20-17)21(4)18(22)19-11-8-12-23-16-9-6-5-7-10-16/h13,16H,5-12H2,1-4H3,(H,19,22)/t13-/m1/s1. The molecule has 0 unspecified atom stereocenters. The fraction of sp³-hybridized carbons (Fsp3) is 0.778. The second kappa shape index (κ2) is 9.37. The first-order chi connectivity index (χ1) is 11.5. The maximum Gasteiger partial charge on any atom is 0.317 e. The molecule has 0 spiro atoms. The van der Waals surface area contributed by atoms with E-state index in [9.17, 15) is 4.79 Å². The minimum Gasteiger partial charge on any atom is -0.378 e. The molecule has 1 heterocycles. The van der Waals surface area contributed by atoms with Crippen molar-refractivity contribution in [3.63, 3.8) is 0 Å². The van der Waals surface area contributed by atoms with Gasteiger partial charge in [-0.1, -0.05) is 19.3 Å². The molecule has 24 heavy (non-hydrogen) atoms. The number of rotatable bonds is 7. The SMILES string of the molecule is Cc1nc([C@@H](C)N(C)C(=O)NCCCOC2CCCCC2)c(C)s1. The van der Waals surface area contributed by atoms with E-state index < -0.39 is 0 Å². The second-order valence-electron chi connectivity index (χ2n) is 6.68. The molecule has 0 radical (unpaired) electrons. The van der Waals surface area contributed by atoms with Crippen LogP contribution in [0.15, 0.2) is 0 Å². The third-order valence-electron chi connectivity index (χ3n) is 4.74. The molecule has 0 aliphatic heterocycles. The number of amides is 2. The Morgan fingerprint density at radius 2 is 2.08 bits per heavy atom. The van der Waals surface area contributed by atoms with Gasteiger partial charge in [0.15, 0.2) is 0 Å². The van der Waals surface area contributed by atoms with E-state index in [0.29, 0.717) is 12.6 Å². The van der Waals surface area contributed by atoms with E-state index in [1.807, 2.05) is 20.9 Å². The smallest absolute Gasteiger partial charge is 0.317 e. The van der Waals surface area contributed by atoms with Crippen LogP contribution in [0, 0.1) is 13.8 Å². The van der Waals surface area contributed by atoms with Crippen molar-refractivity contribution in [3.05, 3.63) is 15.6 Å². The number of hydrogen-bond donors (Lipinski definition) is 1. The van der Waals surface area contributed by atoms with E-state index in [0.717, 1.165) is 23.7 Å². The van der Waals surface area contributed by atoms with Gasteiger partial charge in [-0.25, -0.2) is 9.78 Å². The van der Waals surface area contributed by atoms with Crippen molar-refractivity contribution in [3.8, 4) is 0 Å². The highest BCUT2D eigenvalue weighted by atomic mass is 32.1. The zero-order valence-electron chi connectivity index (χ0n) is 15.4. The monoisotopic (exact) mass is 353 g/mol. The summed E-state index contributed by atoms with van der Waals surface area (Å²) in [6.07, 6.45) is 7.61. The Balaban J connectivity index is 1.66. The first-order valence-corrected chi connectivity index (χ1v) is 9.87. The van der Waals surface area contributed by atoms with E-state index in [1.54, 1.807) is 16.2 Å². The van der Waals surface area contributed by atoms with Gasteiger partial charge in [0.25, 0.3) is 0 Å². The molecule has 0 saturated heterocycles. The summed E-state index contributed by atoms with van der Waals surface area (Å²) in [6, 6.07) is -0.0707. The molecule has 6 heteroatoms. The number of carbonyl (C=O) groups excluding carboxylic acids is 1. The second-order valence-corrected chi connectivity index (χ2v) is 8.08.